The van der Waals surface area contributed by atoms with Crippen LogP contribution >= 0.6 is 0 Å². The van der Waals surface area contributed by atoms with Gasteiger partial charge >= 0.3 is 21.1 Å². The molecule has 0 fully saturated rings. The summed E-state index contributed by atoms with van der Waals surface area (Å²) in [7, 11) is 0. The first kappa shape index (κ1) is 36.6. The van der Waals surface area contributed by atoms with Crippen LogP contribution in [-0.2, 0) is 31.9 Å². The second-order valence-corrected chi connectivity index (χ2v) is 17.9. The van der Waals surface area contributed by atoms with Crippen molar-refractivity contribution in [1.29, 1.82) is 0 Å². The van der Waals surface area contributed by atoms with Crippen LogP contribution in [0.15, 0.2) is 140 Å². The van der Waals surface area contributed by atoms with Gasteiger partial charge in [0, 0.05) is 5.52 Å². The Labute approximate surface area is 361 Å². The first-order chi connectivity index (χ1) is 28.5. The molecule has 0 bridgehead atoms. The third-order valence-electron chi connectivity index (χ3n) is 12.2. The standard InChI is InChI=1S/C52H41N7.Pt/c1-51(2,3)32-22-26-44-47(28-32)58-42-20-11-8-17-39(42)53-49(58)56(44)35-15-13-14-34(30-35)55-41-19-10-7-16-37(41)38-25-24-36(31-46(38)55)57-45-27-23-33(52(4,5)6)29-48(45)59-43-21-12-9-18-40(43)54-50(57)59;/h7-29H,1-6H3;/q-2;+2. The largest absolute Gasteiger partial charge is 2.00 e. The molecule has 0 radical (unpaired) electrons. The molecule has 0 N–H and O–H groups in total. The predicted molar refractivity (Wildman–Crippen MR) is 242 cm³/mol. The van der Waals surface area contributed by atoms with E-state index in [-0.39, 0.29) is 31.9 Å². The van der Waals surface area contributed by atoms with Crippen molar-refractivity contribution in [2.45, 2.75) is 52.4 Å². The molecular formula is C52H41N7Pt. The predicted octanol–water partition coefficient (Wildman–Crippen LogP) is 12.5. The molecule has 0 saturated heterocycles. The molecule has 294 valence electrons. The average molecular weight is 959 g/mol. The Balaban J connectivity index is 0.00000408. The second-order valence-electron chi connectivity index (χ2n) is 17.9. The van der Waals surface area contributed by atoms with Crippen LogP contribution in [0.5, 0.6) is 0 Å². The van der Waals surface area contributed by atoms with Gasteiger partial charge in [-0.1, -0.05) is 119 Å². The van der Waals surface area contributed by atoms with Gasteiger partial charge in [-0.25, -0.2) is 9.97 Å². The van der Waals surface area contributed by atoms with E-state index in [0.717, 1.165) is 94.6 Å². The van der Waals surface area contributed by atoms with Gasteiger partial charge in [-0.05, 0) is 81.9 Å². The van der Waals surface area contributed by atoms with Crippen molar-refractivity contribution in [3.8, 4) is 17.1 Å². The van der Waals surface area contributed by atoms with Gasteiger partial charge < -0.3 is 13.7 Å². The molecule has 5 heterocycles. The maximum absolute atomic E-state index is 5.23. The van der Waals surface area contributed by atoms with E-state index in [9.17, 15) is 0 Å². The van der Waals surface area contributed by atoms with Crippen LogP contribution in [0.25, 0.3) is 94.6 Å². The fraction of sp³-hybridized carbons (Fsp3) is 0.154. The molecule has 0 atom stereocenters. The first-order valence-corrected chi connectivity index (χ1v) is 20.4. The fourth-order valence-corrected chi connectivity index (χ4v) is 9.18. The quantitative estimate of drug-likeness (QED) is 0.166. The molecule has 8 heteroatoms. The summed E-state index contributed by atoms with van der Waals surface area (Å²) in [6.07, 6.45) is 0. The minimum atomic E-state index is -0.00481. The monoisotopic (exact) mass is 958 g/mol. The number of para-hydroxylation sites is 5. The smallest absolute Gasteiger partial charge is 0.358 e. The van der Waals surface area contributed by atoms with Gasteiger partial charge in [0.15, 0.2) is 0 Å². The zero-order valence-corrected chi connectivity index (χ0v) is 36.5. The normalized spacial score (nSPS) is 12.7. The number of nitrogens with zero attached hydrogens (tertiary/aromatic N) is 7. The molecule has 0 unspecified atom stereocenters. The van der Waals surface area contributed by atoms with Crippen LogP contribution in [0.3, 0.4) is 0 Å². The van der Waals surface area contributed by atoms with E-state index in [0.29, 0.717) is 0 Å². The summed E-state index contributed by atoms with van der Waals surface area (Å²) in [6.45, 7) is 13.6. The topological polar surface area (TPSA) is 49.4 Å². The van der Waals surface area contributed by atoms with E-state index in [2.05, 4.69) is 216 Å². The van der Waals surface area contributed by atoms with Crippen molar-refractivity contribution in [3.63, 3.8) is 0 Å². The Kier molecular flexibility index (Phi) is 7.81. The van der Waals surface area contributed by atoms with Crippen LogP contribution in [0.2, 0.25) is 0 Å². The van der Waals surface area contributed by atoms with Gasteiger partial charge in [0.25, 0.3) is 0 Å². The number of aromatic nitrogens is 7. The maximum atomic E-state index is 5.23. The summed E-state index contributed by atoms with van der Waals surface area (Å²) in [4.78, 5) is 10.4. The van der Waals surface area contributed by atoms with Crippen molar-refractivity contribution < 1.29 is 21.1 Å². The SMILES string of the molecule is CC(C)(C)c1ccc2c(c1)n1c3ccccc3nc1n2-c1[c-]c(-n2c3[c-]c(-n4c5ccc(C(C)(C)C)cc5n5c6ccccc6nc45)ccc3c3ccccc32)ccc1.[Pt+2]. The summed E-state index contributed by atoms with van der Waals surface area (Å²) in [5.41, 5.74) is 15.9. The zero-order valence-electron chi connectivity index (χ0n) is 34.2. The molecule has 0 aliphatic rings. The van der Waals surface area contributed by atoms with Crippen LogP contribution in [0, 0.1) is 12.1 Å². The molecule has 60 heavy (non-hydrogen) atoms. The Morgan fingerprint density at radius 1 is 0.400 bits per heavy atom. The second kappa shape index (κ2) is 12.8. The molecule has 12 rings (SSSR count). The molecule has 12 aromatic rings. The molecule has 7 nitrogen and oxygen atoms in total. The van der Waals surface area contributed by atoms with Crippen molar-refractivity contribution >= 4 is 77.5 Å². The molecule has 0 spiro atoms. The van der Waals surface area contributed by atoms with Crippen LogP contribution < -0.4 is 0 Å². The van der Waals surface area contributed by atoms with E-state index >= 15 is 0 Å². The Morgan fingerprint density at radius 3 is 1.43 bits per heavy atom. The van der Waals surface area contributed by atoms with Gasteiger partial charge in [0.1, 0.15) is 0 Å². The van der Waals surface area contributed by atoms with Crippen LogP contribution in [0.1, 0.15) is 52.7 Å². The molecule has 0 saturated carbocycles. The van der Waals surface area contributed by atoms with E-state index in [1.54, 1.807) is 0 Å². The number of rotatable bonds is 3. The number of hydrogen-bond acceptors (Lipinski definition) is 2. The van der Waals surface area contributed by atoms with E-state index in [1.807, 2.05) is 0 Å². The summed E-state index contributed by atoms with van der Waals surface area (Å²) in [5, 5.41) is 2.29. The summed E-state index contributed by atoms with van der Waals surface area (Å²) in [5.74, 6) is 1.73. The Bertz CT molecular complexity index is 3700. The number of benzene rings is 7. The van der Waals surface area contributed by atoms with E-state index in [4.69, 9.17) is 9.97 Å². The molecular weight excluding hydrogens is 918 g/mol. The van der Waals surface area contributed by atoms with Gasteiger partial charge in [-0.2, -0.15) is 12.1 Å². The summed E-state index contributed by atoms with van der Waals surface area (Å²) >= 11 is 0. The van der Waals surface area contributed by atoms with Crippen LogP contribution in [0.4, 0.5) is 0 Å². The summed E-state index contributed by atoms with van der Waals surface area (Å²) in [6, 6.07) is 57.8. The van der Waals surface area contributed by atoms with E-state index in [1.165, 1.54) is 11.1 Å². The van der Waals surface area contributed by atoms with Crippen molar-refractivity contribution in [2.24, 2.45) is 0 Å². The van der Waals surface area contributed by atoms with Gasteiger partial charge in [-0.3, -0.25) is 8.80 Å². The minimum Gasteiger partial charge on any atom is -0.358 e. The fourth-order valence-electron chi connectivity index (χ4n) is 9.18. The van der Waals surface area contributed by atoms with Gasteiger partial charge in [-0.15, -0.1) is 35.7 Å². The van der Waals surface area contributed by atoms with Crippen molar-refractivity contribution in [2.75, 3.05) is 0 Å². The molecule has 5 aromatic heterocycles. The van der Waals surface area contributed by atoms with Crippen LogP contribution in [-0.4, -0.2) is 32.5 Å². The number of hydrogen-bond donors (Lipinski definition) is 0. The first-order valence-electron chi connectivity index (χ1n) is 20.4. The Morgan fingerprint density at radius 2 is 0.883 bits per heavy atom. The van der Waals surface area contributed by atoms with Gasteiger partial charge in [0.05, 0.1) is 44.1 Å². The van der Waals surface area contributed by atoms with Gasteiger partial charge in [0.2, 0.25) is 11.6 Å². The molecule has 0 aliphatic carbocycles. The number of imidazole rings is 4. The Hall–Kier alpha value is -6.43. The average Bonchev–Trinajstić information content (AvgIpc) is 4.02. The molecule has 0 aliphatic heterocycles. The molecule has 7 aromatic carbocycles. The van der Waals surface area contributed by atoms with Crippen molar-refractivity contribution in [3.05, 3.63) is 163 Å². The third kappa shape index (κ3) is 5.18. The summed E-state index contributed by atoms with van der Waals surface area (Å²) < 4.78 is 11.4. The molecule has 0 amide bonds. The third-order valence-corrected chi connectivity index (χ3v) is 12.2. The minimum absolute atomic E-state index is 0. The zero-order chi connectivity index (χ0) is 39.9. The van der Waals surface area contributed by atoms with Crippen molar-refractivity contribution in [1.82, 2.24) is 32.5 Å². The number of fused-ring (bicyclic) bond motifs is 13. The maximum Gasteiger partial charge on any atom is 2.00 e. The van der Waals surface area contributed by atoms with E-state index < -0.39 is 0 Å².